The first-order valence-electron chi connectivity index (χ1n) is 10.5. The molecular weight excluding hydrogens is 376 g/mol. The molecular formula is C26H30S2. The van der Waals surface area contributed by atoms with Crippen LogP contribution >= 0.6 is 23.5 Å². The standard InChI is InChI=1S/C26H30S2/c1-5-19-16-27-18(4)15-25(19)22-13-14-23-21(20(22)6-2)10-8-12-26-24(23)11-7-9-17(3)28-26/h7-9,12-15,17H,5-6,10-11,16H2,1-4H3. The highest BCUT2D eigenvalue weighted by atomic mass is 32.2. The highest BCUT2D eigenvalue weighted by molar-refractivity contribution is 8.04. The Morgan fingerprint density at radius 1 is 1.04 bits per heavy atom. The van der Waals surface area contributed by atoms with Gasteiger partial charge in [-0.05, 0) is 83.9 Å². The molecule has 0 fully saturated rings. The van der Waals surface area contributed by atoms with Crippen molar-refractivity contribution in [3.8, 4) is 0 Å². The lowest BCUT2D eigenvalue weighted by atomic mass is 9.84. The highest BCUT2D eigenvalue weighted by Crippen LogP contribution is 2.43. The molecule has 0 nitrogen and oxygen atoms in total. The van der Waals surface area contributed by atoms with Crippen molar-refractivity contribution in [2.75, 3.05) is 5.75 Å². The van der Waals surface area contributed by atoms with Crippen molar-refractivity contribution in [3.05, 3.63) is 80.2 Å². The second-order valence-corrected chi connectivity index (χ2v) is 10.4. The van der Waals surface area contributed by atoms with Crippen LogP contribution in [0.5, 0.6) is 0 Å². The van der Waals surface area contributed by atoms with Crippen LogP contribution in [0.1, 0.15) is 62.8 Å². The Morgan fingerprint density at radius 3 is 2.64 bits per heavy atom. The maximum atomic E-state index is 2.43. The molecule has 1 aliphatic carbocycles. The normalized spacial score (nSPS) is 21.9. The quantitative estimate of drug-likeness (QED) is 0.467. The third kappa shape index (κ3) is 3.74. The van der Waals surface area contributed by atoms with E-state index < -0.39 is 0 Å². The van der Waals surface area contributed by atoms with Gasteiger partial charge in [-0.2, -0.15) is 0 Å². The molecule has 1 unspecified atom stereocenters. The summed E-state index contributed by atoms with van der Waals surface area (Å²) in [4.78, 5) is 2.90. The van der Waals surface area contributed by atoms with E-state index >= 15 is 0 Å². The summed E-state index contributed by atoms with van der Waals surface area (Å²) in [5.74, 6) is 1.14. The number of fused-ring (bicyclic) bond motifs is 2. The molecule has 146 valence electrons. The van der Waals surface area contributed by atoms with Gasteiger partial charge in [-0.25, -0.2) is 0 Å². The first-order chi connectivity index (χ1) is 13.6. The number of benzene rings is 1. The molecule has 1 aromatic rings. The molecule has 4 rings (SSSR count). The van der Waals surface area contributed by atoms with Gasteiger partial charge in [-0.15, -0.1) is 23.5 Å². The van der Waals surface area contributed by atoms with Crippen molar-refractivity contribution >= 4 is 34.7 Å². The number of hydrogen-bond acceptors (Lipinski definition) is 2. The Hall–Kier alpha value is -1.38. The van der Waals surface area contributed by atoms with Crippen LogP contribution in [0, 0.1) is 0 Å². The fraction of sp³-hybridized carbons (Fsp3) is 0.385. The molecule has 2 aliphatic heterocycles. The molecule has 3 aliphatic rings. The summed E-state index contributed by atoms with van der Waals surface area (Å²) in [6.07, 6.45) is 16.2. The Labute approximate surface area is 179 Å². The van der Waals surface area contributed by atoms with Gasteiger partial charge in [0, 0.05) is 15.9 Å². The summed E-state index contributed by atoms with van der Waals surface area (Å²) in [5.41, 5.74) is 10.7. The van der Waals surface area contributed by atoms with Crippen molar-refractivity contribution in [1.82, 2.24) is 0 Å². The lowest BCUT2D eigenvalue weighted by Crippen LogP contribution is -2.06. The topological polar surface area (TPSA) is 0 Å². The van der Waals surface area contributed by atoms with E-state index in [0.717, 1.165) is 31.4 Å². The van der Waals surface area contributed by atoms with Crippen molar-refractivity contribution < 1.29 is 0 Å². The lowest BCUT2D eigenvalue weighted by Gasteiger charge is -2.23. The van der Waals surface area contributed by atoms with Crippen LogP contribution in [0.4, 0.5) is 0 Å². The van der Waals surface area contributed by atoms with Gasteiger partial charge in [0.05, 0.1) is 0 Å². The third-order valence-electron chi connectivity index (χ3n) is 5.96. The Kier molecular flexibility index (Phi) is 6.08. The zero-order valence-corrected chi connectivity index (χ0v) is 19.1. The Balaban J connectivity index is 1.90. The Morgan fingerprint density at radius 2 is 1.86 bits per heavy atom. The van der Waals surface area contributed by atoms with E-state index in [9.17, 15) is 0 Å². The molecule has 0 saturated carbocycles. The fourth-order valence-corrected chi connectivity index (χ4v) is 6.57. The van der Waals surface area contributed by atoms with Gasteiger partial charge in [0.2, 0.25) is 0 Å². The van der Waals surface area contributed by atoms with E-state index in [-0.39, 0.29) is 0 Å². The summed E-state index contributed by atoms with van der Waals surface area (Å²) in [5, 5.41) is 0.550. The van der Waals surface area contributed by atoms with Crippen molar-refractivity contribution in [1.29, 1.82) is 0 Å². The predicted octanol–water partition coefficient (Wildman–Crippen LogP) is 7.97. The van der Waals surface area contributed by atoms with Gasteiger partial charge >= 0.3 is 0 Å². The monoisotopic (exact) mass is 406 g/mol. The van der Waals surface area contributed by atoms with E-state index in [1.165, 1.54) is 32.1 Å². The van der Waals surface area contributed by atoms with E-state index in [1.54, 1.807) is 16.7 Å². The summed E-state index contributed by atoms with van der Waals surface area (Å²) >= 11 is 3.99. The smallest absolute Gasteiger partial charge is 0.0246 e. The largest absolute Gasteiger partial charge is 0.126 e. The summed E-state index contributed by atoms with van der Waals surface area (Å²) in [6.45, 7) is 9.18. The van der Waals surface area contributed by atoms with E-state index in [2.05, 4.69) is 70.2 Å². The van der Waals surface area contributed by atoms with E-state index in [1.807, 2.05) is 23.5 Å². The zero-order chi connectivity index (χ0) is 19.7. The molecule has 0 saturated heterocycles. The average molecular weight is 407 g/mol. The number of allylic oxidation sites excluding steroid dienone is 7. The van der Waals surface area contributed by atoms with E-state index in [0.29, 0.717) is 5.25 Å². The van der Waals surface area contributed by atoms with Crippen LogP contribution in [0.15, 0.2) is 57.9 Å². The van der Waals surface area contributed by atoms with Crippen molar-refractivity contribution in [3.63, 3.8) is 0 Å². The van der Waals surface area contributed by atoms with Gasteiger partial charge < -0.3 is 0 Å². The summed E-state index contributed by atoms with van der Waals surface area (Å²) < 4.78 is 0. The first-order valence-corrected chi connectivity index (χ1v) is 12.4. The van der Waals surface area contributed by atoms with Crippen LogP contribution in [0.2, 0.25) is 0 Å². The molecule has 0 amide bonds. The molecule has 2 heterocycles. The molecule has 0 N–H and O–H groups in total. The molecule has 0 spiro atoms. The van der Waals surface area contributed by atoms with Crippen LogP contribution in [-0.4, -0.2) is 11.0 Å². The molecule has 0 bridgehead atoms. The number of thioether (sulfide) groups is 2. The highest BCUT2D eigenvalue weighted by Gasteiger charge is 2.22. The second kappa shape index (κ2) is 8.55. The van der Waals surface area contributed by atoms with Gasteiger partial charge in [0.25, 0.3) is 0 Å². The van der Waals surface area contributed by atoms with Crippen LogP contribution in [-0.2, 0) is 12.8 Å². The van der Waals surface area contributed by atoms with Gasteiger partial charge in [-0.1, -0.05) is 55.9 Å². The minimum absolute atomic E-state index is 0.550. The van der Waals surface area contributed by atoms with Crippen LogP contribution in [0.25, 0.3) is 11.1 Å². The summed E-state index contributed by atoms with van der Waals surface area (Å²) in [7, 11) is 0. The van der Waals surface area contributed by atoms with Crippen molar-refractivity contribution in [2.45, 2.75) is 58.6 Å². The maximum absolute atomic E-state index is 2.43. The van der Waals surface area contributed by atoms with Crippen LogP contribution < -0.4 is 0 Å². The van der Waals surface area contributed by atoms with Crippen LogP contribution in [0.3, 0.4) is 0 Å². The SMILES string of the molecule is CCC1=C(c2ccc3c(c2CC)CC=CC2=C3CC=CC(C)S2)C=C(C)SC1. The number of rotatable bonds is 3. The number of hydrogen-bond donors (Lipinski definition) is 0. The van der Waals surface area contributed by atoms with Gasteiger partial charge in [-0.3, -0.25) is 0 Å². The molecule has 1 aromatic carbocycles. The molecule has 2 heteroatoms. The van der Waals surface area contributed by atoms with Crippen molar-refractivity contribution in [2.24, 2.45) is 0 Å². The second-order valence-electron chi connectivity index (χ2n) is 7.79. The lowest BCUT2D eigenvalue weighted by molar-refractivity contribution is 1.05. The predicted molar refractivity (Wildman–Crippen MR) is 130 cm³/mol. The molecule has 0 radical (unpaired) electrons. The first kappa shape index (κ1) is 19.9. The van der Waals surface area contributed by atoms with Gasteiger partial charge in [0.15, 0.2) is 0 Å². The third-order valence-corrected chi connectivity index (χ3v) is 8.19. The summed E-state index contributed by atoms with van der Waals surface area (Å²) in [6, 6.07) is 4.84. The molecule has 28 heavy (non-hydrogen) atoms. The maximum Gasteiger partial charge on any atom is 0.0246 e. The minimum atomic E-state index is 0.550. The van der Waals surface area contributed by atoms with Gasteiger partial charge in [0.1, 0.15) is 0 Å². The average Bonchev–Trinajstić information content (AvgIpc) is 2.98. The molecule has 1 atom stereocenters. The molecule has 0 aromatic heterocycles. The van der Waals surface area contributed by atoms with E-state index in [4.69, 9.17) is 0 Å². The Bertz CT molecular complexity index is 937. The minimum Gasteiger partial charge on any atom is -0.126 e. The zero-order valence-electron chi connectivity index (χ0n) is 17.5. The fourth-order valence-electron chi connectivity index (χ4n) is 4.51.